The van der Waals surface area contributed by atoms with Gasteiger partial charge in [0.1, 0.15) is 4.88 Å². The largest absolute Gasteiger partial charge is 0.493 e. The summed E-state index contributed by atoms with van der Waals surface area (Å²) in [6, 6.07) is 0. The van der Waals surface area contributed by atoms with E-state index in [1.807, 2.05) is 0 Å². The van der Waals surface area contributed by atoms with E-state index in [9.17, 15) is 4.79 Å². The Morgan fingerprint density at radius 1 is 1.78 bits per heavy atom. The van der Waals surface area contributed by atoms with E-state index in [0.29, 0.717) is 0 Å². The SMILES string of the molecule is N=Cc1sc(=O)[nH]c1O. The first kappa shape index (κ1) is 6.03. The summed E-state index contributed by atoms with van der Waals surface area (Å²) in [6.45, 7) is 0. The van der Waals surface area contributed by atoms with Gasteiger partial charge < -0.3 is 10.5 Å². The van der Waals surface area contributed by atoms with Crippen LogP contribution in [0.25, 0.3) is 0 Å². The predicted octanol–water partition coefficient (Wildman–Crippen LogP) is 0.140. The number of nitrogens with one attached hydrogen (secondary N) is 2. The molecule has 0 aliphatic rings. The molecular weight excluding hydrogens is 140 g/mol. The van der Waals surface area contributed by atoms with Crippen LogP contribution >= 0.6 is 11.3 Å². The second-order valence-electron chi connectivity index (χ2n) is 1.37. The van der Waals surface area contributed by atoms with Crippen LogP contribution in [0.15, 0.2) is 4.79 Å². The molecule has 0 aliphatic heterocycles. The summed E-state index contributed by atoms with van der Waals surface area (Å²) in [5.74, 6) is -0.222. The summed E-state index contributed by atoms with van der Waals surface area (Å²) in [5, 5.41) is 15.4. The van der Waals surface area contributed by atoms with Crippen LogP contribution in [0.4, 0.5) is 0 Å². The molecule has 1 heterocycles. The molecule has 1 aromatic heterocycles. The number of aromatic hydroxyl groups is 1. The molecule has 0 aromatic carbocycles. The number of thiazole rings is 1. The zero-order valence-corrected chi connectivity index (χ0v) is 5.16. The first-order valence-corrected chi connectivity index (χ1v) is 2.98. The number of aromatic nitrogens is 1. The maximum absolute atomic E-state index is 10.4. The van der Waals surface area contributed by atoms with Crippen molar-refractivity contribution >= 4 is 17.6 Å². The van der Waals surface area contributed by atoms with Gasteiger partial charge in [-0.25, -0.2) is 0 Å². The van der Waals surface area contributed by atoms with Crippen molar-refractivity contribution in [2.45, 2.75) is 0 Å². The quantitative estimate of drug-likeness (QED) is 0.490. The highest BCUT2D eigenvalue weighted by molar-refractivity contribution is 7.11. The van der Waals surface area contributed by atoms with Crippen molar-refractivity contribution in [3.63, 3.8) is 0 Å². The molecule has 9 heavy (non-hydrogen) atoms. The highest BCUT2D eigenvalue weighted by atomic mass is 32.1. The third-order valence-corrected chi connectivity index (χ3v) is 1.61. The Morgan fingerprint density at radius 2 is 2.44 bits per heavy atom. The first-order valence-electron chi connectivity index (χ1n) is 2.16. The van der Waals surface area contributed by atoms with Gasteiger partial charge in [-0.15, -0.1) is 0 Å². The molecule has 0 fully saturated rings. The number of H-pyrrole nitrogens is 1. The summed E-state index contributed by atoms with van der Waals surface area (Å²) in [4.78, 5) is 12.4. The lowest BCUT2D eigenvalue weighted by molar-refractivity contribution is 0.455. The van der Waals surface area contributed by atoms with Crippen LogP contribution in [0.1, 0.15) is 4.88 Å². The van der Waals surface area contributed by atoms with Crippen molar-refractivity contribution < 1.29 is 5.11 Å². The number of hydrogen-bond acceptors (Lipinski definition) is 4. The molecule has 0 saturated carbocycles. The molecule has 0 bridgehead atoms. The van der Waals surface area contributed by atoms with E-state index in [1.54, 1.807) is 0 Å². The van der Waals surface area contributed by atoms with E-state index >= 15 is 0 Å². The van der Waals surface area contributed by atoms with Gasteiger partial charge in [0, 0.05) is 6.21 Å². The van der Waals surface area contributed by atoms with Crippen molar-refractivity contribution in [2.24, 2.45) is 0 Å². The van der Waals surface area contributed by atoms with Gasteiger partial charge in [-0.3, -0.25) is 9.78 Å². The van der Waals surface area contributed by atoms with E-state index in [2.05, 4.69) is 4.98 Å². The Hall–Kier alpha value is -1.10. The lowest BCUT2D eigenvalue weighted by Gasteiger charge is -1.79. The van der Waals surface area contributed by atoms with Crippen molar-refractivity contribution in [1.82, 2.24) is 4.98 Å². The zero-order valence-electron chi connectivity index (χ0n) is 4.34. The third kappa shape index (κ3) is 0.996. The maximum Gasteiger partial charge on any atom is 0.307 e. The van der Waals surface area contributed by atoms with E-state index in [-0.39, 0.29) is 15.6 Å². The van der Waals surface area contributed by atoms with Crippen LogP contribution in [0.3, 0.4) is 0 Å². The topological polar surface area (TPSA) is 76.9 Å². The van der Waals surface area contributed by atoms with Crippen molar-refractivity contribution in [3.8, 4) is 5.88 Å². The van der Waals surface area contributed by atoms with Crippen LogP contribution in [0.2, 0.25) is 0 Å². The fourth-order valence-corrected chi connectivity index (χ4v) is 0.984. The summed E-state index contributed by atoms with van der Waals surface area (Å²) in [7, 11) is 0. The van der Waals surface area contributed by atoms with Crippen LogP contribution in [-0.2, 0) is 0 Å². The highest BCUT2D eigenvalue weighted by Gasteiger charge is 2.00. The number of hydrogen-bond donors (Lipinski definition) is 3. The summed E-state index contributed by atoms with van der Waals surface area (Å²) >= 11 is 0.810. The molecule has 1 aromatic rings. The van der Waals surface area contributed by atoms with Crippen LogP contribution in [0, 0.1) is 5.41 Å². The zero-order chi connectivity index (χ0) is 6.85. The summed E-state index contributed by atoms with van der Waals surface area (Å²) < 4.78 is 0. The van der Waals surface area contributed by atoms with Gasteiger partial charge in [-0.05, 0) is 0 Å². The molecule has 5 heteroatoms. The molecule has 0 radical (unpaired) electrons. The first-order chi connectivity index (χ1) is 4.24. The fraction of sp³-hybridized carbons (Fsp3) is 0. The molecule has 0 spiro atoms. The van der Waals surface area contributed by atoms with E-state index < -0.39 is 0 Å². The molecular formula is C4H4N2O2S. The smallest absolute Gasteiger partial charge is 0.307 e. The average Bonchev–Trinajstić information content (AvgIpc) is 2.10. The summed E-state index contributed by atoms with van der Waals surface area (Å²) in [6.07, 6.45) is 0.928. The monoisotopic (exact) mass is 144 g/mol. The molecule has 0 saturated heterocycles. The van der Waals surface area contributed by atoms with E-state index in [4.69, 9.17) is 10.5 Å². The lowest BCUT2D eigenvalue weighted by Crippen LogP contribution is -1.89. The third-order valence-electron chi connectivity index (χ3n) is 0.788. The van der Waals surface area contributed by atoms with Crippen LogP contribution in [0.5, 0.6) is 5.88 Å². The van der Waals surface area contributed by atoms with Crippen molar-refractivity contribution in [3.05, 3.63) is 14.5 Å². The van der Waals surface area contributed by atoms with Crippen LogP contribution < -0.4 is 4.87 Å². The lowest BCUT2D eigenvalue weighted by atomic mass is 10.6. The fourth-order valence-electron chi connectivity index (χ4n) is 0.430. The van der Waals surface area contributed by atoms with Gasteiger partial charge in [-0.1, -0.05) is 11.3 Å². The van der Waals surface area contributed by atoms with Crippen LogP contribution in [-0.4, -0.2) is 16.3 Å². The minimum Gasteiger partial charge on any atom is -0.493 e. The van der Waals surface area contributed by atoms with Gasteiger partial charge in [-0.2, -0.15) is 0 Å². The molecule has 0 atom stereocenters. The number of aromatic amines is 1. The molecule has 0 amide bonds. The molecule has 48 valence electrons. The van der Waals surface area contributed by atoms with E-state index in [0.717, 1.165) is 17.6 Å². The van der Waals surface area contributed by atoms with Crippen molar-refractivity contribution in [1.29, 1.82) is 5.41 Å². The van der Waals surface area contributed by atoms with Gasteiger partial charge in [0.25, 0.3) is 0 Å². The maximum atomic E-state index is 10.4. The Balaban J connectivity index is 3.31. The molecule has 4 nitrogen and oxygen atoms in total. The molecule has 0 aliphatic carbocycles. The Labute approximate surface area is 54.3 Å². The second kappa shape index (κ2) is 2.02. The Kier molecular flexibility index (Phi) is 1.35. The summed E-state index contributed by atoms with van der Waals surface area (Å²) in [5.41, 5.74) is 0. The normalized spacial score (nSPS) is 9.33. The molecule has 3 N–H and O–H groups in total. The minimum absolute atomic E-state index is 0.222. The van der Waals surface area contributed by atoms with E-state index in [1.165, 1.54) is 0 Å². The Morgan fingerprint density at radius 3 is 2.67 bits per heavy atom. The van der Waals surface area contributed by atoms with Crippen molar-refractivity contribution in [2.75, 3.05) is 0 Å². The van der Waals surface area contributed by atoms with Gasteiger partial charge >= 0.3 is 4.87 Å². The molecule has 0 unspecified atom stereocenters. The second-order valence-corrected chi connectivity index (χ2v) is 2.39. The Bertz CT molecular complexity index is 274. The average molecular weight is 144 g/mol. The van der Waals surface area contributed by atoms with Gasteiger partial charge in [0.05, 0.1) is 0 Å². The molecule has 1 rings (SSSR count). The van der Waals surface area contributed by atoms with Gasteiger partial charge in [0.15, 0.2) is 0 Å². The minimum atomic E-state index is -0.342. The standard InChI is InChI=1S/C4H4N2O2S/c5-1-2-3(7)6-4(8)9-2/h1,5,7H,(H,6,8). The predicted molar refractivity (Wildman–Crippen MR) is 34.5 cm³/mol. The highest BCUT2D eigenvalue weighted by Crippen LogP contribution is 2.10. The van der Waals surface area contributed by atoms with Gasteiger partial charge in [0.2, 0.25) is 5.88 Å². The number of rotatable bonds is 1.